The van der Waals surface area contributed by atoms with Crippen LogP contribution in [0.5, 0.6) is 11.6 Å². The minimum absolute atomic E-state index is 0.154. The van der Waals surface area contributed by atoms with Gasteiger partial charge in [-0.05, 0) is 37.6 Å². The molecule has 0 bridgehead atoms. The summed E-state index contributed by atoms with van der Waals surface area (Å²) in [5.74, 6) is 0.867. The van der Waals surface area contributed by atoms with E-state index in [-0.39, 0.29) is 11.7 Å². The fraction of sp³-hybridized carbons (Fsp3) is 0.235. The lowest BCUT2D eigenvalue weighted by Gasteiger charge is -2.24. The molecule has 0 radical (unpaired) electrons. The van der Waals surface area contributed by atoms with E-state index in [1.165, 1.54) is 17.3 Å². The fourth-order valence-electron chi connectivity index (χ4n) is 2.35. The van der Waals surface area contributed by atoms with Crippen LogP contribution in [-0.4, -0.2) is 24.9 Å². The zero-order chi connectivity index (χ0) is 18.0. The van der Waals surface area contributed by atoms with Gasteiger partial charge in [-0.3, -0.25) is 0 Å². The number of nitrogens with zero attached hydrogens (tertiary/aromatic N) is 4. The highest BCUT2D eigenvalue weighted by Gasteiger charge is 2.28. The van der Waals surface area contributed by atoms with Crippen molar-refractivity contribution in [3.05, 3.63) is 64.3 Å². The number of aromatic nitrogens is 4. The van der Waals surface area contributed by atoms with Gasteiger partial charge in [-0.15, -0.1) is 0 Å². The maximum atomic E-state index is 10.7. The summed E-state index contributed by atoms with van der Waals surface area (Å²) in [6.07, 6.45) is 2.92. The topological polar surface area (TPSA) is 73.1 Å². The number of halogens is 2. The number of rotatable bonds is 5. The molecule has 0 aliphatic carbocycles. The first-order valence-corrected chi connectivity index (χ1v) is 8.26. The molecule has 8 heteroatoms. The molecule has 0 saturated carbocycles. The van der Waals surface area contributed by atoms with Crippen molar-refractivity contribution in [2.24, 2.45) is 0 Å². The van der Waals surface area contributed by atoms with Crippen LogP contribution < -0.4 is 4.74 Å². The average molecular weight is 379 g/mol. The van der Waals surface area contributed by atoms with Crippen LogP contribution in [0.25, 0.3) is 0 Å². The predicted octanol–water partition coefficient (Wildman–Crippen LogP) is 3.99. The molecule has 0 spiro atoms. The third-order valence-corrected chi connectivity index (χ3v) is 4.40. The summed E-state index contributed by atoms with van der Waals surface area (Å²) < 4.78 is 7.20. The molecule has 2 aromatic heterocycles. The molecule has 130 valence electrons. The lowest BCUT2D eigenvalue weighted by atomic mass is 9.98. The Kier molecular flexibility index (Phi) is 4.94. The average Bonchev–Trinajstić information content (AvgIpc) is 3.03. The molecule has 0 fully saturated rings. The van der Waals surface area contributed by atoms with Crippen LogP contribution in [-0.2, 0) is 12.1 Å². The summed E-state index contributed by atoms with van der Waals surface area (Å²) >= 11 is 12.3. The normalized spacial score (nSPS) is 13.5. The molecule has 1 N–H and O–H groups in total. The number of ether oxygens (including phenoxy) is 1. The van der Waals surface area contributed by atoms with E-state index in [9.17, 15) is 5.11 Å². The first-order valence-electron chi connectivity index (χ1n) is 7.51. The Morgan fingerprint density at radius 1 is 1.24 bits per heavy atom. The van der Waals surface area contributed by atoms with Gasteiger partial charge in [-0.2, -0.15) is 5.10 Å². The minimum atomic E-state index is -1.26. The van der Waals surface area contributed by atoms with E-state index < -0.39 is 5.60 Å². The minimum Gasteiger partial charge on any atom is -0.439 e. The molecule has 0 aliphatic heterocycles. The highest BCUT2D eigenvalue weighted by atomic mass is 35.5. The Hall–Kier alpha value is -2.15. The van der Waals surface area contributed by atoms with Gasteiger partial charge in [0.15, 0.2) is 0 Å². The van der Waals surface area contributed by atoms with Crippen molar-refractivity contribution >= 4 is 23.2 Å². The van der Waals surface area contributed by atoms with Crippen molar-refractivity contribution < 1.29 is 9.84 Å². The molecule has 1 unspecified atom stereocenters. The number of hydrogen-bond acceptors (Lipinski definition) is 5. The van der Waals surface area contributed by atoms with Gasteiger partial charge in [0.1, 0.15) is 29.2 Å². The summed E-state index contributed by atoms with van der Waals surface area (Å²) in [5.41, 5.74) is 0.169. The van der Waals surface area contributed by atoms with E-state index in [1.807, 2.05) is 13.0 Å². The summed E-state index contributed by atoms with van der Waals surface area (Å²) in [4.78, 5) is 8.07. The number of benzene rings is 1. The van der Waals surface area contributed by atoms with Gasteiger partial charge in [0.25, 0.3) is 0 Å². The SMILES string of the molecule is Cc1ccc(Oc2ccc(C(C)(O)Cn3cncn3)c(Cl)n2)cc1Cl. The molecule has 25 heavy (non-hydrogen) atoms. The maximum absolute atomic E-state index is 10.7. The first-order chi connectivity index (χ1) is 11.8. The second kappa shape index (κ2) is 7.00. The zero-order valence-electron chi connectivity index (χ0n) is 13.6. The summed E-state index contributed by atoms with van der Waals surface area (Å²) in [6.45, 7) is 3.74. The summed E-state index contributed by atoms with van der Waals surface area (Å²) in [6, 6.07) is 8.69. The summed E-state index contributed by atoms with van der Waals surface area (Å²) in [7, 11) is 0. The number of aryl methyl sites for hydroxylation is 1. The molecule has 6 nitrogen and oxygen atoms in total. The number of aliphatic hydroxyl groups is 1. The van der Waals surface area contributed by atoms with Crippen LogP contribution in [0, 0.1) is 6.92 Å². The fourth-order valence-corrected chi connectivity index (χ4v) is 2.87. The van der Waals surface area contributed by atoms with Crippen LogP contribution in [0.2, 0.25) is 10.2 Å². The Labute approximate surface area is 155 Å². The van der Waals surface area contributed by atoms with Gasteiger partial charge < -0.3 is 9.84 Å². The van der Waals surface area contributed by atoms with E-state index in [0.717, 1.165) is 5.56 Å². The largest absolute Gasteiger partial charge is 0.439 e. The highest BCUT2D eigenvalue weighted by molar-refractivity contribution is 6.31. The van der Waals surface area contributed by atoms with E-state index in [2.05, 4.69) is 15.1 Å². The lowest BCUT2D eigenvalue weighted by Crippen LogP contribution is -2.28. The van der Waals surface area contributed by atoms with Crippen LogP contribution in [0.4, 0.5) is 0 Å². The first kappa shape index (κ1) is 17.7. The Bertz CT molecular complexity index is 882. The van der Waals surface area contributed by atoms with Gasteiger partial charge in [-0.25, -0.2) is 14.6 Å². The Morgan fingerprint density at radius 3 is 2.68 bits per heavy atom. The van der Waals surface area contributed by atoms with Gasteiger partial charge in [-0.1, -0.05) is 29.3 Å². The molecule has 0 saturated heterocycles. The van der Waals surface area contributed by atoms with E-state index in [1.54, 1.807) is 31.2 Å². The summed E-state index contributed by atoms with van der Waals surface area (Å²) in [5, 5.41) is 15.5. The number of pyridine rings is 1. The highest BCUT2D eigenvalue weighted by Crippen LogP contribution is 2.32. The van der Waals surface area contributed by atoms with Gasteiger partial charge >= 0.3 is 0 Å². The maximum Gasteiger partial charge on any atom is 0.220 e. The molecular weight excluding hydrogens is 363 g/mol. The van der Waals surface area contributed by atoms with E-state index >= 15 is 0 Å². The number of hydrogen-bond donors (Lipinski definition) is 1. The smallest absolute Gasteiger partial charge is 0.220 e. The van der Waals surface area contributed by atoms with Crippen molar-refractivity contribution in [2.75, 3.05) is 0 Å². The van der Waals surface area contributed by atoms with Crippen LogP contribution in [0.3, 0.4) is 0 Å². The molecule has 1 aromatic carbocycles. The van der Waals surface area contributed by atoms with Crippen LogP contribution in [0.15, 0.2) is 43.0 Å². The molecule has 3 rings (SSSR count). The van der Waals surface area contributed by atoms with Gasteiger partial charge in [0, 0.05) is 16.7 Å². The quantitative estimate of drug-likeness (QED) is 0.679. The lowest BCUT2D eigenvalue weighted by molar-refractivity contribution is 0.0343. The third-order valence-electron chi connectivity index (χ3n) is 3.71. The molecule has 3 aromatic rings. The monoisotopic (exact) mass is 378 g/mol. The van der Waals surface area contributed by atoms with Crippen molar-refractivity contribution in [1.29, 1.82) is 0 Å². The Balaban J connectivity index is 1.81. The second-order valence-corrected chi connectivity index (χ2v) is 6.63. The second-order valence-electron chi connectivity index (χ2n) is 5.87. The van der Waals surface area contributed by atoms with Crippen LogP contribution >= 0.6 is 23.2 Å². The Morgan fingerprint density at radius 2 is 2.04 bits per heavy atom. The molecule has 1 atom stereocenters. The van der Waals surface area contributed by atoms with Crippen molar-refractivity contribution in [2.45, 2.75) is 26.0 Å². The molecule has 0 aliphatic rings. The standard InChI is InChI=1S/C17H16Cl2N4O2/c1-11-3-4-12(7-14(11)18)25-15-6-5-13(16(19)22-15)17(2,24)8-23-10-20-9-21-23/h3-7,9-10,24H,8H2,1-2H3. The third kappa shape index (κ3) is 4.10. The van der Waals surface area contributed by atoms with Crippen LogP contribution in [0.1, 0.15) is 18.1 Å². The van der Waals surface area contributed by atoms with E-state index in [0.29, 0.717) is 22.2 Å². The van der Waals surface area contributed by atoms with E-state index in [4.69, 9.17) is 27.9 Å². The molecule has 2 heterocycles. The predicted molar refractivity (Wildman–Crippen MR) is 95.1 cm³/mol. The van der Waals surface area contributed by atoms with Crippen molar-refractivity contribution in [3.63, 3.8) is 0 Å². The molecular formula is C17H16Cl2N4O2. The van der Waals surface area contributed by atoms with Crippen molar-refractivity contribution in [3.8, 4) is 11.6 Å². The molecule has 0 amide bonds. The zero-order valence-corrected chi connectivity index (χ0v) is 15.2. The van der Waals surface area contributed by atoms with Crippen molar-refractivity contribution in [1.82, 2.24) is 19.7 Å². The van der Waals surface area contributed by atoms with Gasteiger partial charge in [0.2, 0.25) is 5.88 Å². The van der Waals surface area contributed by atoms with Gasteiger partial charge in [0.05, 0.1) is 6.54 Å².